The molecular weight excluding hydrogens is 250 g/mol. The number of benzene rings is 1. The largest absolute Gasteiger partial charge is 0.399 e. The van der Waals surface area contributed by atoms with E-state index >= 15 is 0 Å². The van der Waals surface area contributed by atoms with Crippen molar-refractivity contribution in [1.29, 1.82) is 0 Å². The maximum absolute atomic E-state index is 11.7. The van der Waals surface area contributed by atoms with Crippen LogP contribution in [-0.4, -0.2) is 29.9 Å². The molecule has 1 aromatic carbocycles. The molecule has 1 aliphatic heterocycles. The molecule has 4 nitrogen and oxygen atoms in total. The molecule has 0 saturated carbocycles. The van der Waals surface area contributed by atoms with Crippen molar-refractivity contribution >= 4 is 24.0 Å². The summed E-state index contributed by atoms with van der Waals surface area (Å²) in [5.74, 6) is 0.141. The highest BCUT2D eigenvalue weighted by Gasteiger charge is 2.27. The Morgan fingerprint density at radius 3 is 2.94 bits per heavy atom. The summed E-state index contributed by atoms with van der Waals surface area (Å²) in [5.41, 5.74) is 7.70. The monoisotopic (exact) mass is 269 g/mol. The Bertz CT molecular complexity index is 411. The minimum atomic E-state index is -0.00909. The van der Waals surface area contributed by atoms with Crippen LogP contribution in [0.5, 0.6) is 0 Å². The molecule has 100 valence electrons. The first-order valence-corrected chi connectivity index (χ1v) is 6.07. The molecule has 1 saturated heterocycles. The molecular formula is C13H20ClN3O. The molecule has 1 aromatic rings. The molecule has 2 rings (SSSR count). The van der Waals surface area contributed by atoms with Gasteiger partial charge in [0.25, 0.3) is 0 Å². The van der Waals surface area contributed by atoms with Gasteiger partial charge in [-0.15, -0.1) is 12.4 Å². The first-order chi connectivity index (χ1) is 8.20. The Kier molecular flexibility index (Phi) is 5.44. The fourth-order valence-corrected chi connectivity index (χ4v) is 2.32. The minimum Gasteiger partial charge on any atom is -0.399 e. The van der Waals surface area contributed by atoms with Crippen molar-refractivity contribution in [1.82, 2.24) is 10.2 Å². The van der Waals surface area contributed by atoms with E-state index in [1.165, 1.54) is 0 Å². The summed E-state index contributed by atoms with van der Waals surface area (Å²) in [5, 5.41) is 2.90. The van der Waals surface area contributed by atoms with Gasteiger partial charge in [0.2, 0.25) is 5.91 Å². The van der Waals surface area contributed by atoms with E-state index in [0.29, 0.717) is 0 Å². The third kappa shape index (κ3) is 3.37. The number of halogens is 1. The third-order valence-corrected chi connectivity index (χ3v) is 3.17. The molecule has 1 atom stereocenters. The quantitative estimate of drug-likeness (QED) is 0.816. The second kappa shape index (κ2) is 6.61. The summed E-state index contributed by atoms with van der Waals surface area (Å²) in [4.78, 5) is 13.9. The van der Waals surface area contributed by atoms with Crippen molar-refractivity contribution in [2.24, 2.45) is 0 Å². The number of carbonyl (C=O) groups is 1. The lowest BCUT2D eigenvalue weighted by molar-refractivity contribution is -0.129. The summed E-state index contributed by atoms with van der Waals surface area (Å²) in [7, 11) is 0. The number of hydrogen-bond acceptors (Lipinski definition) is 3. The fraction of sp³-hybridized carbons (Fsp3) is 0.462. The highest BCUT2D eigenvalue weighted by atomic mass is 35.5. The van der Waals surface area contributed by atoms with Crippen LogP contribution in [0, 0.1) is 0 Å². The smallest absolute Gasteiger partial charge is 0.237 e. The Morgan fingerprint density at radius 1 is 1.50 bits per heavy atom. The Morgan fingerprint density at radius 2 is 2.28 bits per heavy atom. The van der Waals surface area contributed by atoms with Crippen LogP contribution in [0.2, 0.25) is 0 Å². The van der Waals surface area contributed by atoms with E-state index in [1.54, 1.807) is 0 Å². The number of amides is 1. The minimum absolute atomic E-state index is 0. The van der Waals surface area contributed by atoms with Crippen LogP contribution in [0.4, 0.5) is 5.69 Å². The van der Waals surface area contributed by atoms with Crippen LogP contribution in [-0.2, 0) is 11.3 Å². The molecule has 0 bridgehead atoms. The summed E-state index contributed by atoms with van der Waals surface area (Å²) >= 11 is 0. The molecule has 1 amide bonds. The highest BCUT2D eigenvalue weighted by Crippen LogP contribution is 2.15. The zero-order valence-electron chi connectivity index (χ0n) is 10.6. The van der Waals surface area contributed by atoms with E-state index in [9.17, 15) is 4.79 Å². The summed E-state index contributed by atoms with van der Waals surface area (Å²) in [6.45, 7) is 4.47. The molecule has 5 heteroatoms. The second-order valence-corrected chi connectivity index (χ2v) is 4.43. The van der Waals surface area contributed by atoms with Crippen LogP contribution < -0.4 is 11.1 Å². The van der Waals surface area contributed by atoms with Crippen molar-refractivity contribution in [3.63, 3.8) is 0 Å². The van der Waals surface area contributed by atoms with E-state index < -0.39 is 0 Å². The lowest BCUT2D eigenvalue weighted by Crippen LogP contribution is -2.54. The number of piperazine rings is 1. The molecule has 1 unspecified atom stereocenters. The normalized spacial score (nSPS) is 20.1. The standard InChI is InChI=1S/C13H19N3O.ClH/c1-2-12-13(17)15-6-7-16(12)9-10-4-3-5-11(14)8-10;/h3-5,8,12H,2,6-7,9,14H2,1H3,(H,15,17);1H. The molecule has 0 aliphatic carbocycles. The summed E-state index contributed by atoms with van der Waals surface area (Å²) in [6, 6.07) is 7.85. The van der Waals surface area contributed by atoms with Crippen LogP contribution in [0.3, 0.4) is 0 Å². The van der Waals surface area contributed by atoms with Crippen molar-refractivity contribution in [3.05, 3.63) is 29.8 Å². The number of carbonyl (C=O) groups excluding carboxylic acids is 1. The lowest BCUT2D eigenvalue weighted by atomic mass is 10.1. The van der Waals surface area contributed by atoms with Crippen molar-refractivity contribution in [2.75, 3.05) is 18.8 Å². The number of hydrogen-bond donors (Lipinski definition) is 2. The van der Waals surface area contributed by atoms with Gasteiger partial charge in [-0.3, -0.25) is 9.69 Å². The van der Waals surface area contributed by atoms with Gasteiger partial charge in [0.1, 0.15) is 0 Å². The van der Waals surface area contributed by atoms with E-state index in [0.717, 1.165) is 37.3 Å². The SMILES string of the molecule is CCC1C(=O)NCCN1Cc1cccc(N)c1.Cl. The van der Waals surface area contributed by atoms with Gasteiger partial charge >= 0.3 is 0 Å². The fourth-order valence-electron chi connectivity index (χ4n) is 2.32. The predicted molar refractivity (Wildman–Crippen MR) is 75.6 cm³/mol. The molecule has 1 heterocycles. The molecule has 1 fully saturated rings. The van der Waals surface area contributed by atoms with Gasteiger partial charge in [0, 0.05) is 25.3 Å². The zero-order chi connectivity index (χ0) is 12.3. The van der Waals surface area contributed by atoms with E-state index in [-0.39, 0.29) is 24.4 Å². The summed E-state index contributed by atoms with van der Waals surface area (Å²) < 4.78 is 0. The first-order valence-electron chi connectivity index (χ1n) is 6.07. The van der Waals surface area contributed by atoms with E-state index in [1.807, 2.05) is 25.1 Å². The number of nitrogens with one attached hydrogen (secondary N) is 1. The average molecular weight is 270 g/mol. The zero-order valence-corrected chi connectivity index (χ0v) is 11.4. The third-order valence-electron chi connectivity index (χ3n) is 3.17. The van der Waals surface area contributed by atoms with Crippen molar-refractivity contribution < 1.29 is 4.79 Å². The molecule has 3 N–H and O–H groups in total. The first kappa shape index (κ1) is 14.8. The van der Waals surface area contributed by atoms with Gasteiger partial charge in [-0.1, -0.05) is 19.1 Å². The molecule has 18 heavy (non-hydrogen) atoms. The summed E-state index contributed by atoms with van der Waals surface area (Å²) in [6.07, 6.45) is 0.841. The van der Waals surface area contributed by atoms with Gasteiger partial charge in [-0.05, 0) is 24.1 Å². The number of nitrogens with two attached hydrogens (primary N) is 1. The van der Waals surface area contributed by atoms with Gasteiger partial charge < -0.3 is 11.1 Å². The van der Waals surface area contributed by atoms with Crippen LogP contribution in [0.15, 0.2) is 24.3 Å². The van der Waals surface area contributed by atoms with Crippen LogP contribution >= 0.6 is 12.4 Å². The predicted octanol–water partition coefficient (Wildman–Crippen LogP) is 1.40. The number of nitrogens with zero attached hydrogens (tertiary/aromatic N) is 1. The van der Waals surface area contributed by atoms with Crippen LogP contribution in [0.25, 0.3) is 0 Å². The maximum atomic E-state index is 11.7. The van der Waals surface area contributed by atoms with Crippen LogP contribution in [0.1, 0.15) is 18.9 Å². The second-order valence-electron chi connectivity index (χ2n) is 4.43. The molecule has 0 radical (unpaired) electrons. The Balaban J connectivity index is 0.00000162. The van der Waals surface area contributed by atoms with Crippen molar-refractivity contribution in [2.45, 2.75) is 25.9 Å². The Hall–Kier alpha value is -1.26. The highest BCUT2D eigenvalue weighted by molar-refractivity contribution is 5.85. The average Bonchev–Trinajstić information content (AvgIpc) is 2.29. The number of anilines is 1. The number of rotatable bonds is 3. The van der Waals surface area contributed by atoms with Crippen molar-refractivity contribution in [3.8, 4) is 0 Å². The van der Waals surface area contributed by atoms with E-state index in [4.69, 9.17) is 5.73 Å². The van der Waals surface area contributed by atoms with Gasteiger partial charge in [0.15, 0.2) is 0 Å². The molecule has 0 spiro atoms. The molecule has 1 aliphatic rings. The lowest BCUT2D eigenvalue weighted by Gasteiger charge is -2.34. The Labute approximate surface area is 114 Å². The topological polar surface area (TPSA) is 58.4 Å². The van der Waals surface area contributed by atoms with E-state index in [2.05, 4.69) is 16.3 Å². The van der Waals surface area contributed by atoms with Gasteiger partial charge in [-0.2, -0.15) is 0 Å². The molecule has 0 aromatic heterocycles. The maximum Gasteiger partial charge on any atom is 0.237 e. The van der Waals surface area contributed by atoms with Gasteiger partial charge in [0.05, 0.1) is 6.04 Å². The van der Waals surface area contributed by atoms with Gasteiger partial charge in [-0.25, -0.2) is 0 Å². The number of nitrogen functional groups attached to an aromatic ring is 1.